The Morgan fingerprint density at radius 1 is 0.914 bits per heavy atom. The molecule has 2 amide bonds. The lowest BCUT2D eigenvalue weighted by molar-refractivity contribution is -0.135. The van der Waals surface area contributed by atoms with Gasteiger partial charge < -0.3 is 19.7 Å². The Bertz CT molecular complexity index is 1110. The molecule has 184 valence electrons. The summed E-state index contributed by atoms with van der Waals surface area (Å²) in [5, 5.41) is 2.91. The summed E-state index contributed by atoms with van der Waals surface area (Å²) in [5.74, 6) is 0.981. The molecule has 0 radical (unpaired) electrons. The number of benzene rings is 3. The largest absolute Gasteiger partial charge is 0.493 e. The molecule has 3 aromatic carbocycles. The van der Waals surface area contributed by atoms with E-state index >= 15 is 0 Å². The zero-order valence-corrected chi connectivity index (χ0v) is 20.9. The number of methoxy groups -OCH3 is 1. The van der Waals surface area contributed by atoms with Crippen LogP contribution in [0, 0.1) is 12.8 Å². The number of nitrogens with zero attached hydrogens (tertiary/aromatic N) is 1. The molecule has 6 heteroatoms. The van der Waals surface area contributed by atoms with Crippen molar-refractivity contribution in [3.63, 3.8) is 0 Å². The molecule has 0 aromatic heterocycles. The minimum atomic E-state index is -0.154. The van der Waals surface area contributed by atoms with Crippen molar-refractivity contribution in [3.05, 3.63) is 95.1 Å². The molecule has 0 aliphatic heterocycles. The van der Waals surface area contributed by atoms with Crippen molar-refractivity contribution in [2.45, 2.75) is 33.9 Å². The topological polar surface area (TPSA) is 67.9 Å². The predicted molar refractivity (Wildman–Crippen MR) is 138 cm³/mol. The summed E-state index contributed by atoms with van der Waals surface area (Å²) in [6.45, 7) is 7.35. The number of amides is 2. The Kier molecular flexibility index (Phi) is 9.30. The molecule has 3 aromatic rings. The molecule has 1 N–H and O–H groups in total. The maximum atomic E-state index is 12.9. The highest BCUT2D eigenvalue weighted by Gasteiger charge is 2.19. The Morgan fingerprint density at radius 3 is 2.29 bits per heavy atom. The maximum absolute atomic E-state index is 12.9. The van der Waals surface area contributed by atoms with Gasteiger partial charge in [-0.05, 0) is 42.3 Å². The van der Waals surface area contributed by atoms with Gasteiger partial charge in [-0.3, -0.25) is 9.59 Å². The van der Waals surface area contributed by atoms with Crippen molar-refractivity contribution < 1.29 is 19.1 Å². The van der Waals surface area contributed by atoms with Crippen LogP contribution < -0.4 is 14.8 Å². The molecule has 0 saturated carbocycles. The first kappa shape index (κ1) is 25.8. The molecule has 0 unspecified atom stereocenters. The first-order valence-corrected chi connectivity index (χ1v) is 11.8. The van der Waals surface area contributed by atoms with Gasteiger partial charge in [0.15, 0.2) is 11.5 Å². The molecule has 0 saturated heterocycles. The quantitative estimate of drug-likeness (QED) is 0.425. The van der Waals surface area contributed by atoms with Crippen molar-refractivity contribution in [2.24, 2.45) is 5.92 Å². The van der Waals surface area contributed by atoms with E-state index in [1.54, 1.807) is 24.1 Å². The van der Waals surface area contributed by atoms with Crippen LogP contribution >= 0.6 is 0 Å². The third kappa shape index (κ3) is 7.60. The molecular weight excluding hydrogens is 440 g/mol. The Balaban J connectivity index is 1.63. The monoisotopic (exact) mass is 474 g/mol. The molecule has 0 spiro atoms. The van der Waals surface area contributed by atoms with Crippen LogP contribution in [0.2, 0.25) is 0 Å². The van der Waals surface area contributed by atoms with E-state index in [0.29, 0.717) is 43.3 Å². The van der Waals surface area contributed by atoms with Gasteiger partial charge in [0.1, 0.15) is 6.61 Å². The van der Waals surface area contributed by atoms with Crippen molar-refractivity contribution in [2.75, 3.05) is 20.2 Å². The van der Waals surface area contributed by atoms with Crippen LogP contribution in [0.15, 0.2) is 72.8 Å². The van der Waals surface area contributed by atoms with Crippen molar-refractivity contribution in [3.8, 4) is 11.5 Å². The molecule has 0 fully saturated rings. The van der Waals surface area contributed by atoms with E-state index in [9.17, 15) is 9.59 Å². The van der Waals surface area contributed by atoms with Crippen LogP contribution in [-0.4, -0.2) is 36.9 Å². The third-order valence-corrected chi connectivity index (χ3v) is 5.63. The Labute approximate surface area is 207 Å². The van der Waals surface area contributed by atoms with Crippen LogP contribution in [0.4, 0.5) is 0 Å². The fourth-order valence-electron chi connectivity index (χ4n) is 3.63. The maximum Gasteiger partial charge on any atom is 0.251 e. The highest BCUT2D eigenvalue weighted by molar-refractivity contribution is 5.94. The van der Waals surface area contributed by atoms with Gasteiger partial charge in [0, 0.05) is 31.1 Å². The number of nitrogens with one attached hydrogen (secondary N) is 1. The fraction of sp³-hybridized carbons (Fsp3) is 0.310. The molecule has 3 rings (SSSR count). The molecule has 6 nitrogen and oxygen atoms in total. The second-order valence-electron chi connectivity index (χ2n) is 8.80. The molecule has 0 atom stereocenters. The second-order valence-corrected chi connectivity index (χ2v) is 8.80. The van der Waals surface area contributed by atoms with Crippen LogP contribution in [0.5, 0.6) is 11.5 Å². The lowest BCUT2D eigenvalue weighted by Gasteiger charge is -2.25. The predicted octanol–water partition coefficient (Wildman–Crippen LogP) is 5.00. The Morgan fingerprint density at radius 2 is 1.63 bits per heavy atom. The van der Waals surface area contributed by atoms with Crippen LogP contribution in [0.25, 0.3) is 0 Å². The number of ether oxygens (including phenoxy) is 2. The highest BCUT2D eigenvalue weighted by Crippen LogP contribution is 2.29. The van der Waals surface area contributed by atoms with Crippen molar-refractivity contribution in [1.82, 2.24) is 10.2 Å². The second kappa shape index (κ2) is 12.6. The summed E-state index contributed by atoms with van der Waals surface area (Å²) < 4.78 is 11.5. The number of carbonyl (C=O) groups is 2. The molecule has 0 heterocycles. The van der Waals surface area contributed by atoms with E-state index in [1.807, 2.05) is 81.4 Å². The minimum absolute atomic E-state index is 0.0259. The van der Waals surface area contributed by atoms with Gasteiger partial charge in [-0.25, -0.2) is 0 Å². The van der Waals surface area contributed by atoms with E-state index < -0.39 is 0 Å². The summed E-state index contributed by atoms with van der Waals surface area (Å²) in [6.07, 6.45) is 0. The number of carbonyl (C=O) groups excluding carboxylic acids is 2. The zero-order valence-electron chi connectivity index (χ0n) is 20.9. The van der Waals surface area contributed by atoms with E-state index in [0.717, 1.165) is 16.7 Å². The SMILES string of the molecule is COc1cc(CN(CCNC(=O)c2ccc(C)cc2)C(=O)C(C)C)ccc1OCc1ccccc1. The summed E-state index contributed by atoms with van der Waals surface area (Å²) in [5.41, 5.74) is 3.70. The van der Waals surface area contributed by atoms with Crippen molar-refractivity contribution >= 4 is 11.8 Å². The van der Waals surface area contributed by atoms with E-state index in [2.05, 4.69) is 5.32 Å². The first-order chi connectivity index (χ1) is 16.9. The highest BCUT2D eigenvalue weighted by atomic mass is 16.5. The lowest BCUT2D eigenvalue weighted by atomic mass is 10.1. The number of hydrogen-bond acceptors (Lipinski definition) is 4. The molecule has 35 heavy (non-hydrogen) atoms. The van der Waals surface area contributed by atoms with Gasteiger partial charge in [0.25, 0.3) is 5.91 Å². The number of hydrogen-bond donors (Lipinski definition) is 1. The van der Waals surface area contributed by atoms with E-state index in [-0.39, 0.29) is 17.7 Å². The lowest BCUT2D eigenvalue weighted by Crippen LogP contribution is -2.40. The summed E-state index contributed by atoms with van der Waals surface area (Å²) >= 11 is 0. The fourth-order valence-corrected chi connectivity index (χ4v) is 3.63. The van der Waals surface area contributed by atoms with Gasteiger partial charge >= 0.3 is 0 Å². The molecule has 0 bridgehead atoms. The number of rotatable bonds is 11. The average Bonchev–Trinajstić information content (AvgIpc) is 2.87. The van der Waals surface area contributed by atoms with Gasteiger partial charge in [0.05, 0.1) is 7.11 Å². The van der Waals surface area contributed by atoms with E-state index in [1.165, 1.54) is 0 Å². The zero-order chi connectivity index (χ0) is 25.2. The Hall–Kier alpha value is -3.80. The normalized spacial score (nSPS) is 10.7. The van der Waals surface area contributed by atoms with Gasteiger partial charge in [0.2, 0.25) is 5.91 Å². The summed E-state index contributed by atoms with van der Waals surface area (Å²) in [7, 11) is 1.60. The molecular formula is C29H34N2O4. The minimum Gasteiger partial charge on any atom is -0.493 e. The third-order valence-electron chi connectivity index (χ3n) is 5.63. The number of aryl methyl sites for hydroxylation is 1. The molecule has 0 aliphatic carbocycles. The van der Waals surface area contributed by atoms with Gasteiger partial charge in [-0.2, -0.15) is 0 Å². The van der Waals surface area contributed by atoms with Crippen LogP contribution in [0.1, 0.15) is 40.9 Å². The van der Waals surface area contributed by atoms with Gasteiger partial charge in [-0.15, -0.1) is 0 Å². The average molecular weight is 475 g/mol. The van der Waals surface area contributed by atoms with Crippen LogP contribution in [-0.2, 0) is 17.9 Å². The standard InChI is InChI=1S/C29H34N2O4/c1-21(2)29(33)31(17-16-30-28(32)25-13-10-22(3)11-14-25)19-24-12-15-26(27(18-24)34-4)35-20-23-8-6-5-7-9-23/h5-15,18,21H,16-17,19-20H2,1-4H3,(H,30,32). The van der Waals surface area contributed by atoms with Gasteiger partial charge in [-0.1, -0.05) is 67.9 Å². The molecule has 0 aliphatic rings. The summed E-state index contributed by atoms with van der Waals surface area (Å²) in [6, 6.07) is 23.1. The van der Waals surface area contributed by atoms with Crippen LogP contribution in [0.3, 0.4) is 0 Å². The smallest absolute Gasteiger partial charge is 0.251 e. The first-order valence-electron chi connectivity index (χ1n) is 11.8. The summed E-state index contributed by atoms with van der Waals surface area (Å²) in [4.78, 5) is 27.1. The van der Waals surface area contributed by atoms with E-state index in [4.69, 9.17) is 9.47 Å². The van der Waals surface area contributed by atoms with Crippen molar-refractivity contribution in [1.29, 1.82) is 0 Å².